The summed E-state index contributed by atoms with van der Waals surface area (Å²) in [4.78, 5) is 10.7. The van der Waals surface area contributed by atoms with E-state index in [1.165, 1.54) is 6.07 Å². The molecule has 1 aliphatic rings. The molecule has 1 fully saturated rings. The highest BCUT2D eigenvalue weighted by Crippen LogP contribution is 2.52. The van der Waals surface area contributed by atoms with Gasteiger partial charge in [0.05, 0.1) is 11.4 Å². The molecule has 0 bridgehead atoms. The van der Waals surface area contributed by atoms with Crippen molar-refractivity contribution in [2.45, 2.75) is 24.7 Å². The average Bonchev–Trinajstić information content (AvgIpc) is 2.93. The van der Waals surface area contributed by atoms with Gasteiger partial charge in [-0.05, 0) is 30.5 Å². The van der Waals surface area contributed by atoms with E-state index in [1.807, 2.05) is 0 Å². The van der Waals surface area contributed by atoms with E-state index in [1.54, 1.807) is 0 Å². The number of hydrogen-bond acceptors (Lipinski definition) is 2. The lowest BCUT2D eigenvalue weighted by molar-refractivity contribution is -0.137. The summed E-state index contributed by atoms with van der Waals surface area (Å²) >= 11 is 5.65. The monoisotopic (exact) mass is 244 g/mol. The molecule has 86 valence electrons. The van der Waals surface area contributed by atoms with Crippen molar-refractivity contribution in [3.63, 3.8) is 0 Å². The summed E-state index contributed by atoms with van der Waals surface area (Å²) in [5, 5.41) is 17.9. The van der Waals surface area contributed by atoms with Gasteiger partial charge in [-0.2, -0.15) is 0 Å². The van der Waals surface area contributed by atoms with Gasteiger partial charge >= 0.3 is 5.97 Å². The molecule has 0 unspecified atom stereocenters. The Morgan fingerprint density at radius 2 is 2.12 bits per heavy atom. The minimum Gasteiger partial charge on any atom is -0.504 e. The molecule has 1 aliphatic carbocycles. The lowest BCUT2D eigenvalue weighted by Crippen LogP contribution is -2.13. The molecule has 0 radical (unpaired) electrons. The van der Waals surface area contributed by atoms with E-state index in [9.17, 15) is 14.3 Å². The molecule has 0 saturated heterocycles. The second kappa shape index (κ2) is 3.63. The van der Waals surface area contributed by atoms with Crippen LogP contribution in [0.5, 0.6) is 5.75 Å². The predicted molar refractivity (Wildman–Crippen MR) is 56.2 cm³/mol. The molecular formula is C11H10ClFO3. The third kappa shape index (κ3) is 1.85. The number of carboxylic acids is 1. The van der Waals surface area contributed by atoms with E-state index < -0.39 is 23.0 Å². The summed E-state index contributed by atoms with van der Waals surface area (Å²) in [5.74, 6) is -2.31. The standard InChI is InChI=1S/C11H10ClFO3/c12-7-3-6(4-8(13)10(7)16)11(1-2-11)5-9(14)15/h3-4,16H,1-2,5H2,(H,14,15). The zero-order valence-corrected chi connectivity index (χ0v) is 9.09. The number of aromatic hydroxyl groups is 1. The summed E-state index contributed by atoms with van der Waals surface area (Å²) in [5.41, 5.74) is 0.0551. The number of halogens is 2. The van der Waals surface area contributed by atoms with E-state index in [4.69, 9.17) is 16.7 Å². The van der Waals surface area contributed by atoms with Crippen LogP contribution in [0.2, 0.25) is 5.02 Å². The van der Waals surface area contributed by atoms with Crippen LogP contribution in [0.3, 0.4) is 0 Å². The van der Waals surface area contributed by atoms with Gasteiger partial charge in [0.1, 0.15) is 0 Å². The molecule has 16 heavy (non-hydrogen) atoms. The van der Waals surface area contributed by atoms with E-state index in [0.29, 0.717) is 18.4 Å². The van der Waals surface area contributed by atoms with Crippen LogP contribution in [-0.4, -0.2) is 16.2 Å². The van der Waals surface area contributed by atoms with Crippen LogP contribution in [0.1, 0.15) is 24.8 Å². The maximum atomic E-state index is 13.3. The number of rotatable bonds is 3. The zero-order chi connectivity index (χ0) is 11.9. The summed E-state index contributed by atoms with van der Waals surface area (Å²) in [7, 11) is 0. The van der Waals surface area contributed by atoms with Gasteiger partial charge in [-0.25, -0.2) is 4.39 Å². The fraction of sp³-hybridized carbons (Fsp3) is 0.364. The van der Waals surface area contributed by atoms with Gasteiger partial charge in [0.2, 0.25) is 0 Å². The van der Waals surface area contributed by atoms with Crippen molar-refractivity contribution in [3.05, 3.63) is 28.5 Å². The van der Waals surface area contributed by atoms with Gasteiger partial charge in [0.15, 0.2) is 11.6 Å². The van der Waals surface area contributed by atoms with Gasteiger partial charge in [-0.1, -0.05) is 11.6 Å². The summed E-state index contributed by atoms with van der Waals surface area (Å²) in [6.45, 7) is 0. The number of phenols is 1. The van der Waals surface area contributed by atoms with Gasteiger partial charge in [-0.3, -0.25) is 4.79 Å². The van der Waals surface area contributed by atoms with Crippen LogP contribution < -0.4 is 0 Å². The Balaban J connectivity index is 2.38. The lowest BCUT2D eigenvalue weighted by Gasteiger charge is -2.14. The summed E-state index contributed by atoms with van der Waals surface area (Å²) in [6, 6.07) is 2.60. The average molecular weight is 245 g/mol. The van der Waals surface area contributed by atoms with E-state index in [2.05, 4.69) is 0 Å². The highest BCUT2D eigenvalue weighted by Gasteiger charge is 2.46. The second-order valence-electron chi connectivity index (χ2n) is 4.14. The molecule has 0 aromatic heterocycles. The maximum absolute atomic E-state index is 13.3. The fourth-order valence-corrected chi connectivity index (χ4v) is 2.09. The summed E-state index contributed by atoms with van der Waals surface area (Å²) in [6.07, 6.45) is 1.38. The quantitative estimate of drug-likeness (QED) is 0.860. The molecule has 0 atom stereocenters. The molecule has 0 amide bonds. The topological polar surface area (TPSA) is 57.5 Å². The minimum atomic E-state index is -0.915. The Morgan fingerprint density at radius 1 is 1.50 bits per heavy atom. The molecule has 1 aromatic carbocycles. The molecule has 2 rings (SSSR count). The van der Waals surface area contributed by atoms with E-state index in [-0.39, 0.29) is 11.4 Å². The Hall–Kier alpha value is -1.29. The van der Waals surface area contributed by atoms with Crippen LogP contribution in [0.4, 0.5) is 4.39 Å². The molecule has 5 heteroatoms. The first kappa shape index (κ1) is 11.2. The normalized spacial score (nSPS) is 17.1. The molecule has 2 N–H and O–H groups in total. The van der Waals surface area contributed by atoms with Gasteiger partial charge in [0, 0.05) is 5.41 Å². The smallest absolute Gasteiger partial charge is 0.304 e. The highest BCUT2D eigenvalue weighted by atomic mass is 35.5. The molecular weight excluding hydrogens is 235 g/mol. The van der Waals surface area contributed by atoms with Gasteiger partial charge in [-0.15, -0.1) is 0 Å². The first-order chi connectivity index (χ1) is 7.44. The fourth-order valence-electron chi connectivity index (χ4n) is 1.88. The van der Waals surface area contributed by atoms with Crippen molar-refractivity contribution in [2.24, 2.45) is 0 Å². The van der Waals surface area contributed by atoms with Crippen molar-refractivity contribution >= 4 is 17.6 Å². The molecule has 0 spiro atoms. The third-order valence-corrected chi connectivity index (χ3v) is 3.26. The molecule has 3 nitrogen and oxygen atoms in total. The Bertz CT molecular complexity index is 432. The molecule has 0 heterocycles. The number of aliphatic carboxylic acids is 1. The number of carboxylic acid groups (broad SMARTS) is 1. The van der Waals surface area contributed by atoms with Gasteiger partial charge < -0.3 is 10.2 Å². The van der Waals surface area contributed by atoms with E-state index >= 15 is 0 Å². The van der Waals surface area contributed by atoms with Crippen molar-refractivity contribution in [1.29, 1.82) is 0 Å². The van der Waals surface area contributed by atoms with Crippen molar-refractivity contribution < 1.29 is 19.4 Å². The predicted octanol–water partition coefficient (Wildman–Crippen LogP) is 2.69. The highest BCUT2D eigenvalue weighted by molar-refractivity contribution is 6.32. The van der Waals surface area contributed by atoms with Crippen molar-refractivity contribution in [2.75, 3.05) is 0 Å². The number of carbonyl (C=O) groups is 1. The Labute approximate surface area is 96.5 Å². The van der Waals surface area contributed by atoms with E-state index in [0.717, 1.165) is 6.07 Å². The lowest BCUT2D eigenvalue weighted by atomic mass is 9.92. The first-order valence-corrected chi connectivity index (χ1v) is 5.23. The molecule has 1 saturated carbocycles. The summed E-state index contributed by atoms with van der Waals surface area (Å²) < 4.78 is 13.3. The van der Waals surface area contributed by atoms with Crippen LogP contribution >= 0.6 is 11.6 Å². The van der Waals surface area contributed by atoms with Crippen LogP contribution in [0.25, 0.3) is 0 Å². The van der Waals surface area contributed by atoms with Crippen LogP contribution in [-0.2, 0) is 10.2 Å². The second-order valence-corrected chi connectivity index (χ2v) is 4.55. The van der Waals surface area contributed by atoms with Crippen molar-refractivity contribution in [1.82, 2.24) is 0 Å². The minimum absolute atomic E-state index is 0.0342. The van der Waals surface area contributed by atoms with Crippen molar-refractivity contribution in [3.8, 4) is 5.75 Å². The van der Waals surface area contributed by atoms with Crippen LogP contribution in [0.15, 0.2) is 12.1 Å². The Morgan fingerprint density at radius 3 is 2.56 bits per heavy atom. The van der Waals surface area contributed by atoms with Crippen LogP contribution in [0, 0.1) is 5.82 Å². The number of hydrogen-bond donors (Lipinski definition) is 2. The zero-order valence-electron chi connectivity index (χ0n) is 8.33. The third-order valence-electron chi connectivity index (χ3n) is 2.97. The largest absolute Gasteiger partial charge is 0.504 e. The Kier molecular flexibility index (Phi) is 2.54. The molecule has 1 aromatic rings. The number of benzene rings is 1. The maximum Gasteiger partial charge on any atom is 0.304 e. The SMILES string of the molecule is O=C(O)CC1(c2cc(F)c(O)c(Cl)c2)CC1. The van der Waals surface area contributed by atoms with Gasteiger partial charge in [0.25, 0.3) is 0 Å². The number of phenolic OH excluding ortho intramolecular Hbond substituents is 1. The first-order valence-electron chi connectivity index (χ1n) is 4.85. The molecule has 0 aliphatic heterocycles.